The van der Waals surface area contributed by atoms with E-state index in [2.05, 4.69) is 10.2 Å². The lowest BCUT2D eigenvalue weighted by atomic mass is 10.2. The Hall–Kier alpha value is -1.62. The van der Waals surface area contributed by atoms with Crippen LogP contribution >= 0.6 is 11.8 Å². The van der Waals surface area contributed by atoms with Crippen LogP contribution in [0.4, 0.5) is 0 Å². The first kappa shape index (κ1) is 17.2. The number of thioether (sulfide) groups is 1. The van der Waals surface area contributed by atoms with Crippen molar-refractivity contribution in [2.45, 2.75) is 22.7 Å². The monoisotopic (exact) mass is 369 g/mol. The highest BCUT2D eigenvalue weighted by atomic mass is 32.2. The van der Waals surface area contributed by atoms with E-state index in [4.69, 9.17) is 10.6 Å². The largest absolute Gasteiger partial charge is 0.379 e. The molecule has 10 heteroatoms. The third kappa shape index (κ3) is 3.56. The van der Waals surface area contributed by atoms with E-state index >= 15 is 0 Å². The molecule has 1 aromatic heterocycles. The summed E-state index contributed by atoms with van der Waals surface area (Å²) in [5.74, 6) is 7.00. The van der Waals surface area contributed by atoms with Gasteiger partial charge in [-0.2, -0.15) is 4.31 Å². The Kier molecular flexibility index (Phi) is 5.09. The van der Waals surface area contributed by atoms with Crippen LogP contribution in [0, 0.1) is 6.92 Å². The van der Waals surface area contributed by atoms with Gasteiger partial charge in [-0.15, -0.1) is 10.2 Å². The molecule has 130 valence electrons. The lowest BCUT2D eigenvalue weighted by Crippen LogP contribution is -2.40. The molecule has 0 spiro atoms. The van der Waals surface area contributed by atoms with E-state index in [0.717, 1.165) is 5.56 Å². The molecule has 3 rings (SSSR count). The molecule has 1 fully saturated rings. The maximum atomic E-state index is 12.7. The Bertz CT molecular complexity index is 816. The van der Waals surface area contributed by atoms with Gasteiger partial charge in [0.05, 0.1) is 18.1 Å². The van der Waals surface area contributed by atoms with Crippen LogP contribution in [0.3, 0.4) is 0 Å². The van der Waals surface area contributed by atoms with Gasteiger partial charge >= 0.3 is 0 Å². The highest BCUT2D eigenvalue weighted by molar-refractivity contribution is 7.98. The third-order valence-corrected chi connectivity index (χ3v) is 6.62. The third-order valence-electron chi connectivity index (χ3n) is 3.71. The van der Waals surface area contributed by atoms with E-state index in [0.29, 0.717) is 47.9 Å². The lowest BCUT2D eigenvalue weighted by Gasteiger charge is -2.26. The van der Waals surface area contributed by atoms with Gasteiger partial charge in [0.2, 0.25) is 15.2 Å². The zero-order chi connectivity index (χ0) is 17.2. The molecule has 0 amide bonds. The van der Waals surface area contributed by atoms with Gasteiger partial charge in [0.25, 0.3) is 0 Å². The number of rotatable bonds is 5. The summed E-state index contributed by atoms with van der Waals surface area (Å²) in [7, 11) is -3.49. The number of aromatic nitrogens is 3. The Morgan fingerprint density at radius 3 is 2.71 bits per heavy atom. The Morgan fingerprint density at radius 2 is 2.04 bits per heavy atom. The second-order valence-electron chi connectivity index (χ2n) is 5.35. The first-order chi connectivity index (χ1) is 11.5. The smallest absolute Gasteiger partial charge is 0.243 e. The minimum atomic E-state index is -3.49. The Labute approximate surface area is 145 Å². The number of hydrogen-bond acceptors (Lipinski definition) is 7. The van der Waals surface area contributed by atoms with Crippen molar-refractivity contribution in [3.05, 3.63) is 35.7 Å². The molecular weight excluding hydrogens is 350 g/mol. The molecular formula is C14H19N5O3S2. The number of ether oxygens (including phenoxy) is 1. The van der Waals surface area contributed by atoms with E-state index in [1.807, 2.05) is 6.07 Å². The quantitative estimate of drug-likeness (QED) is 0.608. The van der Waals surface area contributed by atoms with E-state index in [1.54, 1.807) is 25.1 Å². The molecule has 0 unspecified atom stereocenters. The number of benzene rings is 1. The highest BCUT2D eigenvalue weighted by Crippen LogP contribution is 2.23. The summed E-state index contributed by atoms with van der Waals surface area (Å²) in [6.07, 6.45) is 0. The molecule has 2 N–H and O–H groups in total. The van der Waals surface area contributed by atoms with Gasteiger partial charge in [0, 0.05) is 18.8 Å². The molecule has 2 aromatic rings. The van der Waals surface area contributed by atoms with Crippen LogP contribution in [0.1, 0.15) is 11.4 Å². The summed E-state index contributed by atoms with van der Waals surface area (Å²) in [6.45, 7) is 3.40. The van der Waals surface area contributed by atoms with Crippen LogP contribution in [0.2, 0.25) is 0 Å². The number of hydrogen-bond donors (Lipinski definition) is 1. The van der Waals surface area contributed by atoms with Crippen LogP contribution < -0.4 is 5.84 Å². The van der Waals surface area contributed by atoms with Crippen molar-refractivity contribution in [3.8, 4) is 0 Å². The minimum Gasteiger partial charge on any atom is -0.379 e. The summed E-state index contributed by atoms with van der Waals surface area (Å²) in [6, 6.07) is 6.95. The van der Waals surface area contributed by atoms with Crippen LogP contribution in [0.25, 0.3) is 0 Å². The van der Waals surface area contributed by atoms with Crippen LogP contribution in [0.5, 0.6) is 0 Å². The van der Waals surface area contributed by atoms with Crippen molar-refractivity contribution in [2.75, 3.05) is 32.1 Å². The van der Waals surface area contributed by atoms with Crippen molar-refractivity contribution in [2.24, 2.45) is 0 Å². The molecule has 0 bridgehead atoms. The summed E-state index contributed by atoms with van der Waals surface area (Å²) in [5, 5.41) is 8.48. The topological polar surface area (TPSA) is 103 Å². The molecule has 1 aliphatic heterocycles. The number of nitrogens with zero attached hydrogens (tertiary/aromatic N) is 4. The number of nitrogens with two attached hydrogens (primary N) is 1. The normalized spacial score (nSPS) is 16.4. The standard InChI is InChI=1S/C14H19N5O3S2/c1-11-16-17-14(19(11)15)23-10-12-3-2-4-13(9-12)24(20,21)18-5-7-22-8-6-18/h2-4,9H,5-8,10,15H2,1H3. The van der Waals surface area contributed by atoms with Crippen molar-refractivity contribution < 1.29 is 13.2 Å². The second kappa shape index (κ2) is 7.09. The molecule has 0 saturated carbocycles. The number of morpholine rings is 1. The molecule has 1 aromatic carbocycles. The highest BCUT2D eigenvalue weighted by Gasteiger charge is 2.26. The Balaban J connectivity index is 1.75. The van der Waals surface area contributed by atoms with Gasteiger partial charge < -0.3 is 10.6 Å². The average molecular weight is 369 g/mol. The molecule has 0 aliphatic carbocycles. The number of aryl methyl sites for hydroxylation is 1. The fraction of sp³-hybridized carbons (Fsp3) is 0.429. The summed E-state index contributed by atoms with van der Waals surface area (Å²) in [4.78, 5) is 0.299. The van der Waals surface area contributed by atoms with Crippen LogP contribution in [-0.4, -0.2) is 53.9 Å². The maximum absolute atomic E-state index is 12.7. The van der Waals surface area contributed by atoms with E-state index < -0.39 is 10.0 Å². The van der Waals surface area contributed by atoms with Crippen LogP contribution in [0.15, 0.2) is 34.3 Å². The fourth-order valence-corrected chi connectivity index (χ4v) is 4.65. The van der Waals surface area contributed by atoms with Crippen molar-refractivity contribution >= 4 is 21.8 Å². The van der Waals surface area contributed by atoms with Crippen molar-refractivity contribution in [1.82, 2.24) is 19.2 Å². The predicted octanol–water partition coefficient (Wildman–Crippen LogP) is 0.614. The van der Waals surface area contributed by atoms with Crippen LogP contribution in [-0.2, 0) is 20.5 Å². The van der Waals surface area contributed by atoms with Gasteiger partial charge in [0.15, 0.2) is 0 Å². The molecule has 8 nitrogen and oxygen atoms in total. The number of sulfonamides is 1. The molecule has 1 saturated heterocycles. The predicted molar refractivity (Wildman–Crippen MR) is 90.5 cm³/mol. The van der Waals surface area contributed by atoms with Gasteiger partial charge in [-0.05, 0) is 24.6 Å². The van der Waals surface area contributed by atoms with Gasteiger partial charge in [-0.3, -0.25) is 0 Å². The Morgan fingerprint density at radius 1 is 1.29 bits per heavy atom. The van der Waals surface area contributed by atoms with E-state index in [9.17, 15) is 8.42 Å². The van der Waals surface area contributed by atoms with Gasteiger partial charge in [0.1, 0.15) is 5.82 Å². The van der Waals surface area contributed by atoms with E-state index in [1.165, 1.54) is 20.7 Å². The molecule has 1 aliphatic rings. The average Bonchev–Trinajstić information content (AvgIpc) is 2.93. The minimum absolute atomic E-state index is 0.299. The van der Waals surface area contributed by atoms with Gasteiger partial charge in [-0.25, -0.2) is 13.1 Å². The molecule has 0 radical (unpaired) electrons. The second-order valence-corrected chi connectivity index (χ2v) is 8.23. The van der Waals surface area contributed by atoms with Crippen molar-refractivity contribution in [3.63, 3.8) is 0 Å². The molecule has 2 heterocycles. The first-order valence-electron chi connectivity index (χ1n) is 7.45. The van der Waals surface area contributed by atoms with Gasteiger partial charge in [-0.1, -0.05) is 23.9 Å². The zero-order valence-electron chi connectivity index (χ0n) is 13.3. The summed E-state index contributed by atoms with van der Waals surface area (Å²) in [5.41, 5.74) is 0.884. The number of nitrogen functional groups attached to an aromatic ring is 1. The SMILES string of the molecule is Cc1nnc(SCc2cccc(S(=O)(=O)N3CCOCC3)c2)n1N. The van der Waals surface area contributed by atoms with Crippen molar-refractivity contribution in [1.29, 1.82) is 0 Å². The maximum Gasteiger partial charge on any atom is 0.243 e. The first-order valence-corrected chi connectivity index (χ1v) is 9.88. The lowest BCUT2D eigenvalue weighted by molar-refractivity contribution is 0.0730. The molecule has 0 atom stereocenters. The fourth-order valence-electron chi connectivity index (χ4n) is 2.33. The zero-order valence-corrected chi connectivity index (χ0v) is 14.9. The molecule has 24 heavy (non-hydrogen) atoms. The summed E-state index contributed by atoms with van der Waals surface area (Å²) >= 11 is 1.41. The summed E-state index contributed by atoms with van der Waals surface area (Å²) < 4.78 is 33.5. The van der Waals surface area contributed by atoms with E-state index in [-0.39, 0.29) is 0 Å².